The first kappa shape index (κ1) is 17.3. The average molecular weight is 293 g/mol. The number of carbonyl (C=O) groups is 1. The lowest BCUT2D eigenvalue weighted by Gasteiger charge is -2.25. The summed E-state index contributed by atoms with van der Waals surface area (Å²) >= 11 is 0. The van der Waals surface area contributed by atoms with Crippen LogP contribution in [0.5, 0.6) is 0 Å². The molecule has 0 amide bonds. The van der Waals surface area contributed by atoms with E-state index < -0.39 is 5.97 Å². The Labute approximate surface area is 127 Å². The molecular weight excluding hydrogens is 266 g/mol. The third-order valence-electron chi connectivity index (χ3n) is 3.81. The second-order valence-electron chi connectivity index (χ2n) is 5.04. The maximum atomic E-state index is 11.0. The number of anilines is 2. The maximum absolute atomic E-state index is 11.0. The smallest absolute Gasteiger partial charge is 0.337 e. The van der Waals surface area contributed by atoms with Gasteiger partial charge >= 0.3 is 5.97 Å². The number of benzene rings is 1. The summed E-state index contributed by atoms with van der Waals surface area (Å²) in [6.45, 7) is 11.5. The second kappa shape index (κ2) is 8.52. The van der Waals surface area contributed by atoms with Gasteiger partial charge in [-0.2, -0.15) is 0 Å². The van der Waals surface area contributed by atoms with Gasteiger partial charge in [-0.15, -0.1) is 0 Å². The van der Waals surface area contributed by atoms with E-state index in [9.17, 15) is 4.79 Å². The number of hydrogen-bond donors (Lipinski definition) is 2. The van der Waals surface area contributed by atoms with Gasteiger partial charge in [0.1, 0.15) is 0 Å². The molecule has 0 aliphatic carbocycles. The van der Waals surface area contributed by atoms with Crippen LogP contribution in [0, 0.1) is 0 Å². The SMILES string of the molecule is CCN(CC)CCCN(CC)c1ccc(C(=O)O)c(N)c1. The zero-order valence-corrected chi connectivity index (χ0v) is 13.3. The highest BCUT2D eigenvalue weighted by atomic mass is 16.4. The molecule has 3 N–H and O–H groups in total. The minimum absolute atomic E-state index is 0.165. The number of hydrogen-bond acceptors (Lipinski definition) is 4. The molecular formula is C16H27N3O2. The van der Waals surface area contributed by atoms with Crippen LogP contribution in [-0.2, 0) is 0 Å². The molecule has 0 bridgehead atoms. The Morgan fingerprint density at radius 3 is 2.29 bits per heavy atom. The van der Waals surface area contributed by atoms with Crippen LogP contribution in [0.2, 0.25) is 0 Å². The number of aromatic carboxylic acids is 1. The molecule has 0 heterocycles. The van der Waals surface area contributed by atoms with Crippen molar-refractivity contribution in [2.24, 2.45) is 0 Å². The third-order valence-corrected chi connectivity index (χ3v) is 3.81. The molecule has 21 heavy (non-hydrogen) atoms. The molecule has 0 aromatic heterocycles. The van der Waals surface area contributed by atoms with E-state index >= 15 is 0 Å². The van der Waals surface area contributed by atoms with E-state index in [4.69, 9.17) is 10.8 Å². The highest BCUT2D eigenvalue weighted by Gasteiger charge is 2.11. The standard InChI is InChI=1S/C16H27N3O2/c1-4-18(5-2)10-7-11-19(6-3)13-8-9-14(16(20)21)15(17)12-13/h8-9,12H,4-7,10-11,17H2,1-3H3,(H,20,21). The summed E-state index contributed by atoms with van der Waals surface area (Å²) in [6.07, 6.45) is 1.08. The van der Waals surface area contributed by atoms with Gasteiger partial charge in [-0.1, -0.05) is 13.8 Å². The first-order chi connectivity index (χ1) is 10.0. The molecule has 0 aliphatic rings. The van der Waals surface area contributed by atoms with Crippen molar-refractivity contribution in [1.82, 2.24) is 4.90 Å². The number of rotatable bonds is 9. The van der Waals surface area contributed by atoms with E-state index in [1.807, 2.05) is 6.07 Å². The van der Waals surface area contributed by atoms with Gasteiger partial charge in [-0.3, -0.25) is 0 Å². The van der Waals surface area contributed by atoms with Crippen LogP contribution in [0.15, 0.2) is 18.2 Å². The van der Waals surface area contributed by atoms with Crippen LogP contribution in [0.1, 0.15) is 37.6 Å². The van der Waals surface area contributed by atoms with Gasteiger partial charge in [-0.25, -0.2) is 4.79 Å². The quantitative estimate of drug-likeness (QED) is 0.685. The molecule has 5 nitrogen and oxygen atoms in total. The summed E-state index contributed by atoms with van der Waals surface area (Å²) < 4.78 is 0. The number of nitrogens with zero attached hydrogens (tertiary/aromatic N) is 2. The minimum Gasteiger partial charge on any atom is -0.478 e. The maximum Gasteiger partial charge on any atom is 0.337 e. The Morgan fingerprint density at radius 2 is 1.81 bits per heavy atom. The van der Waals surface area contributed by atoms with Crippen LogP contribution in [0.25, 0.3) is 0 Å². The van der Waals surface area contributed by atoms with Crippen molar-refractivity contribution in [2.45, 2.75) is 27.2 Å². The van der Waals surface area contributed by atoms with Crippen molar-refractivity contribution in [1.29, 1.82) is 0 Å². The predicted molar refractivity (Wildman–Crippen MR) is 88.1 cm³/mol. The number of nitrogens with two attached hydrogens (primary N) is 1. The summed E-state index contributed by atoms with van der Waals surface area (Å²) in [5.74, 6) is -0.983. The highest BCUT2D eigenvalue weighted by molar-refractivity contribution is 5.94. The molecule has 0 spiro atoms. The molecule has 118 valence electrons. The van der Waals surface area contributed by atoms with Crippen molar-refractivity contribution in [3.63, 3.8) is 0 Å². The van der Waals surface area contributed by atoms with E-state index in [0.717, 1.165) is 44.8 Å². The van der Waals surface area contributed by atoms with Gasteiger partial charge in [0.2, 0.25) is 0 Å². The average Bonchev–Trinajstić information content (AvgIpc) is 2.47. The monoisotopic (exact) mass is 293 g/mol. The fraction of sp³-hybridized carbons (Fsp3) is 0.562. The fourth-order valence-electron chi connectivity index (χ4n) is 2.44. The van der Waals surface area contributed by atoms with Crippen molar-refractivity contribution < 1.29 is 9.90 Å². The fourth-order valence-corrected chi connectivity index (χ4v) is 2.44. The Morgan fingerprint density at radius 1 is 1.14 bits per heavy atom. The van der Waals surface area contributed by atoms with E-state index in [0.29, 0.717) is 5.69 Å². The summed E-state index contributed by atoms with van der Waals surface area (Å²) in [5, 5.41) is 9.01. The molecule has 0 saturated heterocycles. The molecule has 5 heteroatoms. The minimum atomic E-state index is -0.983. The molecule has 0 saturated carbocycles. The van der Waals surface area contributed by atoms with E-state index in [1.165, 1.54) is 0 Å². The van der Waals surface area contributed by atoms with Crippen LogP contribution < -0.4 is 10.6 Å². The molecule has 0 radical (unpaired) electrons. The summed E-state index contributed by atoms with van der Waals surface area (Å²) in [5.41, 5.74) is 7.29. The predicted octanol–water partition coefficient (Wildman–Crippen LogP) is 2.53. The summed E-state index contributed by atoms with van der Waals surface area (Å²) in [6, 6.07) is 5.17. The van der Waals surface area contributed by atoms with E-state index in [2.05, 4.69) is 30.6 Å². The highest BCUT2D eigenvalue weighted by Crippen LogP contribution is 2.21. The molecule has 0 aliphatic heterocycles. The van der Waals surface area contributed by atoms with Gasteiger partial charge < -0.3 is 20.6 Å². The second-order valence-corrected chi connectivity index (χ2v) is 5.04. The Balaban J connectivity index is 2.68. The van der Waals surface area contributed by atoms with Gasteiger partial charge in [0.25, 0.3) is 0 Å². The Kier molecular flexibility index (Phi) is 7.02. The largest absolute Gasteiger partial charge is 0.478 e. The molecule has 1 aromatic rings. The normalized spacial score (nSPS) is 10.9. The van der Waals surface area contributed by atoms with Crippen LogP contribution in [0.4, 0.5) is 11.4 Å². The summed E-state index contributed by atoms with van der Waals surface area (Å²) in [4.78, 5) is 15.6. The van der Waals surface area contributed by atoms with Gasteiger partial charge in [0, 0.05) is 24.5 Å². The van der Waals surface area contributed by atoms with Gasteiger partial charge in [0.05, 0.1) is 5.56 Å². The van der Waals surface area contributed by atoms with Crippen LogP contribution >= 0.6 is 0 Å². The topological polar surface area (TPSA) is 69.8 Å². The van der Waals surface area contributed by atoms with E-state index in [-0.39, 0.29) is 5.56 Å². The first-order valence-electron chi connectivity index (χ1n) is 7.63. The number of carboxylic acid groups (broad SMARTS) is 1. The third kappa shape index (κ3) is 4.93. The van der Waals surface area contributed by atoms with Crippen LogP contribution in [-0.4, -0.2) is 48.7 Å². The lowest BCUT2D eigenvalue weighted by molar-refractivity contribution is 0.0698. The Bertz CT molecular complexity index is 459. The van der Waals surface area contributed by atoms with E-state index in [1.54, 1.807) is 12.1 Å². The van der Waals surface area contributed by atoms with Crippen molar-refractivity contribution in [2.75, 3.05) is 43.4 Å². The summed E-state index contributed by atoms with van der Waals surface area (Å²) in [7, 11) is 0. The number of nitrogen functional groups attached to an aromatic ring is 1. The lowest BCUT2D eigenvalue weighted by Crippen LogP contribution is -2.30. The zero-order chi connectivity index (χ0) is 15.8. The van der Waals surface area contributed by atoms with Crippen molar-refractivity contribution >= 4 is 17.3 Å². The molecule has 0 fully saturated rings. The molecule has 0 atom stereocenters. The van der Waals surface area contributed by atoms with Crippen molar-refractivity contribution in [3.05, 3.63) is 23.8 Å². The Hall–Kier alpha value is -1.75. The molecule has 1 rings (SSSR count). The number of carboxylic acids is 1. The van der Waals surface area contributed by atoms with Crippen molar-refractivity contribution in [3.8, 4) is 0 Å². The molecule has 0 unspecified atom stereocenters. The lowest BCUT2D eigenvalue weighted by atomic mass is 10.1. The van der Waals surface area contributed by atoms with Crippen LogP contribution in [0.3, 0.4) is 0 Å². The van der Waals surface area contributed by atoms with Gasteiger partial charge in [-0.05, 0) is 51.2 Å². The first-order valence-corrected chi connectivity index (χ1v) is 7.63. The molecule has 1 aromatic carbocycles. The van der Waals surface area contributed by atoms with Gasteiger partial charge in [0.15, 0.2) is 0 Å². The zero-order valence-electron chi connectivity index (χ0n) is 13.3.